The van der Waals surface area contributed by atoms with Crippen molar-refractivity contribution in [2.75, 3.05) is 11.9 Å². The summed E-state index contributed by atoms with van der Waals surface area (Å²) in [6.45, 7) is 4.22. The average Bonchev–Trinajstić information content (AvgIpc) is 3.09. The van der Waals surface area contributed by atoms with E-state index in [0.29, 0.717) is 16.3 Å². The number of anilines is 1. The van der Waals surface area contributed by atoms with Crippen LogP contribution in [0.1, 0.15) is 46.4 Å². The van der Waals surface area contributed by atoms with Crippen LogP contribution in [0.5, 0.6) is 0 Å². The van der Waals surface area contributed by atoms with Crippen LogP contribution < -0.4 is 16.0 Å². The number of aryl methyl sites for hydroxylation is 2. The van der Waals surface area contributed by atoms with E-state index < -0.39 is 23.7 Å². The molecule has 0 aliphatic carbocycles. The summed E-state index contributed by atoms with van der Waals surface area (Å²) in [4.78, 5) is 30.1. The number of rotatable bonds is 5. The molecule has 1 aliphatic rings. The Morgan fingerprint density at radius 2 is 2.14 bits per heavy atom. The van der Waals surface area contributed by atoms with Crippen LogP contribution in [0.25, 0.3) is 0 Å². The lowest BCUT2D eigenvalue weighted by Crippen LogP contribution is -2.48. The van der Waals surface area contributed by atoms with Crippen LogP contribution in [0.3, 0.4) is 0 Å². The van der Waals surface area contributed by atoms with E-state index in [0.717, 1.165) is 30.7 Å². The maximum absolute atomic E-state index is 14.0. The van der Waals surface area contributed by atoms with Gasteiger partial charge in [0.25, 0.3) is 0 Å². The van der Waals surface area contributed by atoms with Crippen LogP contribution in [0.2, 0.25) is 0 Å². The second kappa shape index (κ2) is 9.43. The zero-order valence-electron chi connectivity index (χ0n) is 16.4. The van der Waals surface area contributed by atoms with Crippen molar-refractivity contribution in [2.45, 2.75) is 51.8 Å². The van der Waals surface area contributed by atoms with Crippen LogP contribution >= 0.6 is 11.3 Å². The molecular formula is C20H25FN4O3S. The molecule has 1 fully saturated rings. The van der Waals surface area contributed by atoms with Crippen LogP contribution in [0.4, 0.5) is 10.1 Å². The highest BCUT2D eigenvalue weighted by molar-refractivity contribution is 7.11. The molecule has 1 aromatic carbocycles. The summed E-state index contributed by atoms with van der Waals surface area (Å²) < 4.78 is 14.0. The van der Waals surface area contributed by atoms with Crippen molar-refractivity contribution in [3.8, 4) is 0 Å². The summed E-state index contributed by atoms with van der Waals surface area (Å²) in [5.74, 6) is -2.40. The van der Waals surface area contributed by atoms with Crippen LogP contribution in [0.15, 0.2) is 18.2 Å². The molecule has 2 atom stereocenters. The summed E-state index contributed by atoms with van der Waals surface area (Å²) in [5, 5.41) is 18.5. The second-order valence-electron chi connectivity index (χ2n) is 7.16. The van der Waals surface area contributed by atoms with Gasteiger partial charge >= 0.3 is 11.8 Å². The van der Waals surface area contributed by atoms with Crippen molar-refractivity contribution < 1.29 is 19.1 Å². The molecule has 7 nitrogen and oxygen atoms in total. The fourth-order valence-corrected chi connectivity index (χ4v) is 4.38. The van der Waals surface area contributed by atoms with Gasteiger partial charge in [0.1, 0.15) is 10.8 Å². The van der Waals surface area contributed by atoms with Crippen molar-refractivity contribution in [2.24, 2.45) is 0 Å². The number of hydrogen-bond acceptors (Lipinski definition) is 6. The molecule has 4 N–H and O–H groups in total. The Labute approximate surface area is 172 Å². The second-order valence-corrected chi connectivity index (χ2v) is 8.28. The lowest BCUT2D eigenvalue weighted by Gasteiger charge is -2.30. The molecule has 1 saturated heterocycles. The smallest absolute Gasteiger partial charge is 0.313 e. The number of nitrogens with one attached hydrogen (secondary N) is 3. The van der Waals surface area contributed by atoms with Crippen LogP contribution in [-0.2, 0) is 16.2 Å². The predicted molar refractivity (Wildman–Crippen MR) is 109 cm³/mol. The van der Waals surface area contributed by atoms with E-state index in [2.05, 4.69) is 20.9 Å². The highest BCUT2D eigenvalue weighted by Crippen LogP contribution is 2.29. The van der Waals surface area contributed by atoms with Gasteiger partial charge in [-0.2, -0.15) is 0 Å². The monoisotopic (exact) mass is 420 g/mol. The molecule has 156 valence electrons. The fraction of sp³-hybridized carbons (Fsp3) is 0.450. The number of carbonyl (C=O) groups is 2. The predicted octanol–water partition coefficient (Wildman–Crippen LogP) is 2.33. The summed E-state index contributed by atoms with van der Waals surface area (Å²) in [5.41, 5.74) is 1.37. The summed E-state index contributed by atoms with van der Waals surface area (Å²) >= 11 is 1.32. The zero-order chi connectivity index (χ0) is 21.0. The van der Waals surface area contributed by atoms with Gasteiger partial charge < -0.3 is 21.1 Å². The third kappa shape index (κ3) is 5.17. The van der Waals surface area contributed by atoms with Gasteiger partial charge in [-0.3, -0.25) is 9.59 Å². The third-order valence-electron chi connectivity index (χ3n) is 4.94. The van der Waals surface area contributed by atoms with E-state index in [9.17, 15) is 19.1 Å². The zero-order valence-corrected chi connectivity index (χ0v) is 17.2. The number of carbonyl (C=O) groups excluding carboxylic acids is 2. The van der Waals surface area contributed by atoms with Crippen molar-refractivity contribution in [3.05, 3.63) is 45.2 Å². The van der Waals surface area contributed by atoms with Crippen molar-refractivity contribution in [1.82, 2.24) is 15.6 Å². The van der Waals surface area contributed by atoms with E-state index in [1.807, 2.05) is 0 Å². The average molecular weight is 421 g/mol. The number of piperidine rings is 1. The molecule has 2 amide bonds. The lowest BCUT2D eigenvalue weighted by atomic mass is 9.98. The first-order chi connectivity index (χ1) is 13.9. The molecule has 0 spiro atoms. The quantitative estimate of drug-likeness (QED) is 0.556. The molecule has 3 rings (SSSR count). The Morgan fingerprint density at radius 1 is 1.34 bits per heavy atom. The van der Waals surface area contributed by atoms with Gasteiger partial charge in [-0.1, -0.05) is 12.5 Å². The molecule has 2 aromatic rings. The highest BCUT2D eigenvalue weighted by atomic mass is 32.1. The molecule has 2 heterocycles. The number of benzene rings is 1. The van der Waals surface area contributed by atoms with E-state index in [1.165, 1.54) is 23.5 Å². The first-order valence-electron chi connectivity index (χ1n) is 9.57. The molecule has 0 saturated carbocycles. The number of aromatic nitrogens is 1. The minimum absolute atomic E-state index is 0.0456. The van der Waals surface area contributed by atoms with Crippen molar-refractivity contribution in [3.63, 3.8) is 0 Å². The number of thiazole rings is 1. The first kappa shape index (κ1) is 21.4. The van der Waals surface area contributed by atoms with Gasteiger partial charge in [0, 0.05) is 6.04 Å². The molecule has 9 heteroatoms. The number of nitrogens with zero attached hydrogens (tertiary/aromatic N) is 1. The fourth-order valence-electron chi connectivity index (χ4n) is 3.34. The Hall–Kier alpha value is -2.36. The Balaban J connectivity index is 1.76. The maximum atomic E-state index is 14.0. The number of aliphatic hydroxyl groups is 1. The number of halogens is 1. The molecule has 1 aromatic heterocycles. The lowest BCUT2D eigenvalue weighted by molar-refractivity contribution is -0.136. The number of hydrogen-bond donors (Lipinski definition) is 4. The summed E-state index contributed by atoms with van der Waals surface area (Å²) in [6.07, 6.45) is 2.87. The van der Waals surface area contributed by atoms with Gasteiger partial charge in [0.2, 0.25) is 0 Å². The summed E-state index contributed by atoms with van der Waals surface area (Å²) in [7, 11) is 0. The summed E-state index contributed by atoms with van der Waals surface area (Å²) in [6, 6.07) is 3.78. The van der Waals surface area contributed by atoms with E-state index >= 15 is 0 Å². The third-order valence-corrected chi connectivity index (χ3v) is 6.16. The van der Waals surface area contributed by atoms with E-state index in [-0.39, 0.29) is 18.3 Å². The minimum atomic E-state index is -0.941. The molecule has 29 heavy (non-hydrogen) atoms. The van der Waals surface area contributed by atoms with Gasteiger partial charge in [0.15, 0.2) is 0 Å². The first-order valence-corrected chi connectivity index (χ1v) is 10.4. The molecule has 0 bridgehead atoms. The van der Waals surface area contributed by atoms with Gasteiger partial charge in [-0.25, -0.2) is 9.37 Å². The largest absolute Gasteiger partial charge is 0.391 e. The SMILES string of the molecule is Cc1ccc(NC(=O)C(=O)NC(c2nc(C)c(CO)s2)C2CCCCN2)c(F)c1. The standard InChI is InChI=1S/C20H25FN4O3S/c1-11-6-7-14(13(21)9-11)24-18(27)19(28)25-17(15-5-3-4-8-22-15)20-23-12(2)16(10-26)29-20/h6-7,9,15,17,22,26H,3-5,8,10H2,1-2H3,(H,24,27)(H,25,28). The molecule has 0 radical (unpaired) electrons. The van der Waals surface area contributed by atoms with Gasteiger partial charge in [-0.05, 0) is 50.9 Å². The maximum Gasteiger partial charge on any atom is 0.313 e. The minimum Gasteiger partial charge on any atom is -0.391 e. The Morgan fingerprint density at radius 3 is 2.76 bits per heavy atom. The van der Waals surface area contributed by atoms with Crippen molar-refractivity contribution in [1.29, 1.82) is 0 Å². The number of amides is 2. The van der Waals surface area contributed by atoms with Gasteiger partial charge in [0.05, 0.1) is 28.9 Å². The normalized spacial score (nSPS) is 17.6. The Kier molecular flexibility index (Phi) is 6.94. The molecule has 1 aliphatic heterocycles. The van der Waals surface area contributed by atoms with Gasteiger partial charge in [-0.15, -0.1) is 11.3 Å². The Bertz CT molecular complexity index is 896. The topological polar surface area (TPSA) is 103 Å². The molecular weight excluding hydrogens is 395 g/mol. The van der Waals surface area contributed by atoms with E-state index in [1.54, 1.807) is 19.9 Å². The van der Waals surface area contributed by atoms with Crippen LogP contribution in [0, 0.1) is 19.7 Å². The molecule has 2 unspecified atom stereocenters. The van der Waals surface area contributed by atoms with E-state index in [4.69, 9.17) is 0 Å². The van der Waals surface area contributed by atoms with Crippen molar-refractivity contribution >= 4 is 28.8 Å². The highest BCUT2D eigenvalue weighted by Gasteiger charge is 2.31. The van der Waals surface area contributed by atoms with Crippen LogP contribution in [-0.4, -0.2) is 34.5 Å². The number of aliphatic hydroxyl groups excluding tert-OH is 1.